The van der Waals surface area contributed by atoms with Gasteiger partial charge in [0, 0.05) is 24.0 Å². The average molecular weight is 384 g/mol. The number of carbonyl (C=O) groups excluding carboxylic acids is 2. The maximum absolute atomic E-state index is 14.6. The molecule has 3 N–H and O–H groups in total. The summed E-state index contributed by atoms with van der Waals surface area (Å²) in [5, 5.41) is 3.93. The predicted octanol–water partition coefficient (Wildman–Crippen LogP) is 3.04. The highest BCUT2D eigenvalue weighted by molar-refractivity contribution is 8.26. The van der Waals surface area contributed by atoms with Gasteiger partial charge in [-0.25, -0.2) is 9.18 Å². The molecule has 7 nitrogen and oxygen atoms in total. The topological polar surface area (TPSA) is 99.1 Å². The summed E-state index contributed by atoms with van der Waals surface area (Å²) in [7, 11) is -2.69. The number of allylic oxidation sites excluding steroid dienone is 1. The van der Waals surface area contributed by atoms with Crippen LogP contribution >= 0.6 is 10.6 Å². The second-order valence-electron chi connectivity index (χ2n) is 6.40. The Balaban J connectivity index is 1.72. The molecule has 2 aliphatic rings. The summed E-state index contributed by atoms with van der Waals surface area (Å²) in [6.07, 6.45) is 0.990. The zero-order valence-corrected chi connectivity index (χ0v) is 15.0. The lowest BCUT2D eigenvalue weighted by Gasteiger charge is -2.34. The van der Waals surface area contributed by atoms with Crippen molar-refractivity contribution in [1.29, 1.82) is 0 Å². The molecule has 1 aromatic carbocycles. The van der Waals surface area contributed by atoms with Crippen LogP contribution in [0.2, 0.25) is 0 Å². The molecular weight excluding hydrogens is 363 g/mol. The Bertz CT molecular complexity index is 755. The van der Waals surface area contributed by atoms with E-state index < -0.39 is 28.6 Å². The van der Waals surface area contributed by atoms with Crippen LogP contribution in [-0.4, -0.2) is 46.1 Å². The van der Waals surface area contributed by atoms with Crippen molar-refractivity contribution in [1.82, 2.24) is 5.32 Å². The maximum Gasteiger partial charge on any atom is 0.414 e. The molecule has 2 atom stereocenters. The Hall–Kier alpha value is -2.10. The number of anilines is 1. The lowest BCUT2D eigenvalue weighted by Crippen LogP contribution is -2.33. The summed E-state index contributed by atoms with van der Waals surface area (Å²) in [4.78, 5) is 24.3. The summed E-state index contributed by atoms with van der Waals surface area (Å²) >= 11 is 0. The number of hydrogen-bond donors (Lipinski definition) is 3. The minimum absolute atomic E-state index is 0.206. The second kappa shape index (κ2) is 7.26. The highest BCUT2D eigenvalue weighted by atomic mass is 32.3. The third-order valence-corrected chi connectivity index (χ3v) is 5.84. The number of benzene rings is 1. The van der Waals surface area contributed by atoms with Gasteiger partial charge >= 0.3 is 6.09 Å². The SMILES string of the molecule is CC(=O)NC[C@H]1CN(c2ccc(C3C=CS(O)(O)CC3)c(F)c2)C(=O)O1. The molecule has 1 unspecified atom stereocenters. The molecule has 2 heterocycles. The van der Waals surface area contributed by atoms with E-state index in [1.165, 1.54) is 23.3 Å². The smallest absolute Gasteiger partial charge is 0.414 e. The number of halogens is 1. The van der Waals surface area contributed by atoms with E-state index in [0.717, 1.165) is 0 Å². The van der Waals surface area contributed by atoms with Crippen molar-refractivity contribution in [3.8, 4) is 0 Å². The molecular formula is C17H21FN2O5S. The predicted molar refractivity (Wildman–Crippen MR) is 96.9 cm³/mol. The largest absolute Gasteiger partial charge is 0.442 e. The molecule has 3 rings (SSSR count). The van der Waals surface area contributed by atoms with Gasteiger partial charge in [0.05, 0.1) is 18.8 Å². The van der Waals surface area contributed by atoms with Gasteiger partial charge in [-0.3, -0.25) is 18.8 Å². The van der Waals surface area contributed by atoms with E-state index in [2.05, 4.69) is 5.32 Å². The first-order valence-electron chi connectivity index (χ1n) is 8.21. The summed E-state index contributed by atoms with van der Waals surface area (Å²) in [6.45, 7) is 1.81. The first-order chi connectivity index (χ1) is 12.2. The quantitative estimate of drug-likeness (QED) is 0.741. The molecule has 2 aliphatic heterocycles. The van der Waals surface area contributed by atoms with Crippen molar-refractivity contribution in [2.24, 2.45) is 0 Å². The Morgan fingerprint density at radius 2 is 2.23 bits per heavy atom. The number of hydrogen-bond acceptors (Lipinski definition) is 5. The van der Waals surface area contributed by atoms with Gasteiger partial charge < -0.3 is 10.1 Å². The third-order valence-electron chi connectivity index (χ3n) is 4.41. The van der Waals surface area contributed by atoms with Gasteiger partial charge in [-0.2, -0.15) is 10.6 Å². The van der Waals surface area contributed by atoms with Gasteiger partial charge in [0.1, 0.15) is 11.9 Å². The van der Waals surface area contributed by atoms with Crippen molar-refractivity contribution < 1.29 is 27.8 Å². The van der Waals surface area contributed by atoms with E-state index in [1.807, 2.05) is 0 Å². The van der Waals surface area contributed by atoms with Gasteiger partial charge in [-0.1, -0.05) is 12.1 Å². The van der Waals surface area contributed by atoms with Gasteiger partial charge in [0.15, 0.2) is 0 Å². The van der Waals surface area contributed by atoms with Crippen molar-refractivity contribution in [3.05, 3.63) is 41.1 Å². The monoisotopic (exact) mass is 384 g/mol. The van der Waals surface area contributed by atoms with E-state index in [1.54, 1.807) is 18.2 Å². The molecule has 0 aromatic heterocycles. The standard InChI is InChI=1S/C17H21FN2O5S/c1-11(21)19-9-14-10-20(17(22)25-14)13-2-3-15(16(18)8-13)12-4-6-26(23,24)7-5-12/h2-4,6,8,12,14,23-24H,5,7,9-10H2,1H3,(H,19,21)/t12?,14-/m0/s1. The normalized spacial score (nSPS) is 25.7. The maximum atomic E-state index is 14.6. The number of amides is 2. The highest BCUT2D eigenvalue weighted by Gasteiger charge is 2.33. The third kappa shape index (κ3) is 4.17. The van der Waals surface area contributed by atoms with E-state index in [-0.39, 0.29) is 30.7 Å². The molecule has 0 aliphatic carbocycles. The molecule has 0 radical (unpaired) electrons. The van der Waals surface area contributed by atoms with Gasteiger partial charge in [-0.15, -0.1) is 0 Å². The van der Waals surface area contributed by atoms with Crippen LogP contribution in [-0.2, 0) is 9.53 Å². The Morgan fingerprint density at radius 3 is 2.85 bits per heavy atom. The van der Waals surface area contributed by atoms with Crippen molar-refractivity contribution >= 4 is 28.3 Å². The van der Waals surface area contributed by atoms with E-state index >= 15 is 0 Å². The first kappa shape index (κ1) is 18.7. The van der Waals surface area contributed by atoms with Crippen LogP contribution in [0.5, 0.6) is 0 Å². The number of carbonyl (C=O) groups is 2. The number of ether oxygens (including phenoxy) is 1. The van der Waals surface area contributed by atoms with Gasteiger partial charge in [-0.05, 0) is 24.1 Å². The molecule has 0 spiro atoms. The molecule has 0 saturated carbocycles. The van der Waals surface area contributed by atoms with Crippen LogP contribution in [0.4, 0.5) is 14.9 Å². The molecule has 1 aromatic rings. The molecule has 26 heavy (non-hydrogen) atoms. The van der Waals surface area contributed by atoms with Crippen molar-refractivity contribution in [3.63, 3.8) is 0 Å². The molecule has 9 heteroatoms. The number of rotatable bonds is 4. The van der Waals surface area contributed by atoms with Crippen LogP contribution in [0.1, 0.15) is 24.8 Å². The minimum Gasteiger partial charge on any atom is -0.442 e. The van der Waals surface area contributed by atoms with Crippen molar-refractivity contribution in [2.75, 3.05) is 23.7 Å². The second-order valence-corrected chi connectivity index (χ2v) is 8.52. The zero-order chi connectivity index (χ0) is 18.9. The fourth-order valence-electron chi connectivity index (χ4n) is 3.03. The van der Waals surface area contributed by atoms with Crippen LogP contribution < -0.4 is 10.2 Å². The Labute approximate surface area is 152 Å². The number of cyclic esters (lactones) is 1. The summed E-state index contributed by atoms with van der Waals surface area (Å²) in [5.74, 6) is -0.707. The summed E-state index contributed by atoms with van der Waals surface area (Å²) in [6, 6.07) is 4.52. The van der Waals surface area contributed by atoms with E-state index in [4.69, 9.17) is 4.74 Å². The van der Waals surface area contributed by atoms with Crippen LogP contribution in [0.3, 0.4) is 0 Å². The number of nitrogens with zero attached hydrogens (tertiary/aromatic N) is 1. The average Bonchev–Trinajstić information content (AvgIpc) is 2.94. The number of nitrogens with one attached hydrogen (secondary N) is 1. The van der Waals surface area contributed by atoms with E-state index in [9.17, 15) is 23.1 Å². The van der Waals surface area contributed by atoms with E-state index in [0.29, 0.717) is 17.7 Å². The lowest BCUT2D eigenvalue weighted by atomic mass is 9.95. The summed E-state index contributed by atoms with van der Waals surface area (Å²) in [5.41, 5.74) is 0.827. The highest BCUT2D eigenvalue weighted by Crippen LogP contribution is 2.47. The first-order valence-corrected chi connectivity index (χ1v) is 9.99. The molecule has 1 saturated heterocycles. The Kier molecular flexibility index (Phi) is 5.22. The molecule has 1 fully saturated rings. The molecule has 142 valence electrons. The molecule has 2 amide bonds. The van der Waals surface area contributed by atoms with Crippen molar-refractivity contribution in [2.45, 2.75) is 25.4 Å². The van der Waals surface area contributed by atoms with Crippen LogP contribution in [0.15, 0.2) is 29.7 Å². The molecule has 0 bridgehead atoms. The minimum atomic E-state index is -2.69. The lowest BCUT2D eigenvalue weighted by molar-refractivity contribution is -0.119. The fourth-order valence-corrected chi connectivity index (χ4v) is 4.20. The van der Waals surface area contributed by atoms with Gasteiger partial charge in [0.2, 0.25) is 5.91 Å². The summed E-state index contributed by atoms with van der Waals surface area (Å²) < 4.78 is 38.9. The fraction of sp³-hybridized carbons (Fsp3) is 0.412. The van der Waals surface area contributed by atoms with Crippen LogP contribution in [0, 0.1) is 5.82 Å². The van der Waals surface area contributed by atoms with Crippen LogP contribution in [0.25, 0.3) is 0 Å². The van der Waals surface area contributed by atoms with Gasteiger partial charge in [0.25, 0.3) is 0 Å². The zero-order valence-electron chi connectivity index (χ0n) is 14.2. The Morgan fingerprint density at radius 1 is 1.46 bits per heavy atom.